The molecule has 2 rings (SSSR count). The van der Waals surface area contributed by atoms with Gasteiger partial charge in [0, 0.05) is 12.7 Å². The first-order valence-corrected chi connectivity index (χ1v) is 5.98. The average molecular weight is 274 g/mol. The lowest BCUT2D eigenvalue weighted by molar-refractivity contribution is 0.318. The van der Waals surface area contributed by atoms with Crippen molar-refractivity contribution < 1.29 is 9.60 Å². The molecule has 3 N–H and O–H groups in total. The van der Waals surface area contributed by atoms with Crippen LogP contribution in [0.25, 0.3) is 0 Å². The highest BCUT2D eigenvalue weighted by atomic mass is 19.1. The lowest BCUT2D eigenvalue weighted by atomic mass is 10.2. The summed E-state index contributed by atoms with van der Waals surface area (Å²) < 4.78 is 13.9. The monoisotopic (exact) mass is 274 g/mol. The number of halogens is 1. The Hall–Kier alpha value is -2.63. The van der Waals surface area contributed by atoms with E-state index in [1.165, 1.54) is 6.07 Å². The molecule has 6 heteroatoms. The number of rotatable bonds is 3. The van der Waals surface area contributed by atoms with E-state index in [4.69, 9.17) is 10.9 Å². The number of anilines is 2. The highest BCUT2D eigenvalue weighted by molar-refractivity contribution is 6.02. The number of nitrogens with zero attached hydrogens (tertiary/aromatic N) is 3. The largest absolute Gasteiger partial charge is 0.409 e. The van der Waals surface area contributed by atoms with E-state index in [9.17, 15) is 4.39 Å². The maximum atomic E-state index is 13.9. The zero-order valence-corrected chi connectivity index (χ0v) is 11.2. The summed E-state index contributed by atoms with van der Waals surface area (Å²) in [4.78, 5) is 5.91. The van der Waals surface area contributed by atoms with Crippen LogP contribution in [0.1, 0.15) is 11.3 Å². The molecular weight excluding hydrogens is 259 g/mol. The molecule has 0 saturated heterocycles. The van der Waals surface area contributed by atoms with Gasteiger partial charge in [-0.2, -0.15) is 0 Å². The van der Waals surface area contributed by atoms with Gasteiger partial charge in [-0.05, 0) is 31.2 Å². The Morgan fingerprint density at radius 1 is 1.30 bits per heavy atom. The second-order valence-electron chi connectivity index (χ2n) is 4.32. The third-order valence-corrected chi connectivity index (χ3v) is 2.93. The Morgan fingerprint density at radius 2 is 2.00 bits per heavy atom. The fourth-order valence-corrected chi connectivity index (χ4v) is 1.89. The number of amidine groups is 1. The molecule has 104 valence electrons. The van der Waals surface area contributed by atoms with Crippen molar-refractivity contribution in [2.75, 3.05) is 11.9 Å². The molecule has 0 aliphatic carbocycles. The van der Waals surface area contributed by atoms with Crippen molar-refractivity contribution in [3.63, 3.8) is 0 Å². The number of para-hydroxylation sites is 1. The third-order valence-electron chi connectivity index (χ3n) is 2.93. The van der Waals surface area contributed by atoms with Gasteiger partial charge in [0.2, 0.25) is 0 Å². The molecule has 0 atom stereocenters. The zero-order valence-electron chi connectivity index (χ0n) is 11.2. The minimum atomic E-state index is -0.372. The first-order chi connectivity index (χ1) is 9.54. The molecule has 0 amide bonds. The second-order valence-corrected chi connectivity index (χ2v) is 4.32. The van der Waals surface area contributed by atoms with Crippen LogP contribution in [-0.4, -0.2) is 23.1 Å². The summed E-state index contributed by atoms with van der Waals surface area (Å²) in [5.74, 6) is -0.0233. The van der Waals surface area contributed by atoms with Crippen LogP contribution >= 0.6 is 0 Å². The van der Waals surface area contributed by atoms with E-state index in [1.807, 2.05) is 6.92 Å². The Labute approximate surface area is 116 Å². The van der Waals surface area contributed by atoms with Gasteiger partial charge in [-0.3, -0.25) is 0 Å². The predicted molar refractivity (Wildman–Crippen MR) is 75.9 cm³/mol. The molecule has 0 unspecified atom stereocenters. The number of aromatic nitrogens is 1. The smallest absolute Gasteiger partial charge is 0.173 e. The molecule has 0 fully saturated rings. The van der Waals surface area contributed by atoms with E-state index in [0.29, 0.717) is 17.1 Å². The number of hydrogen-bond donors (Lipinski definition) is 2. The summed E-state index contributed by atoms with van der Waals surface area (Å²) in [5.41, 5.74) is 7.18. The van der Waals surface area contributed by atoms with E-state index in [2.05, 4.69) is 10.1 Å². The lowest BCUT2D eigenvalue weighted by Gasteiger charge is -2.21. The van der Waals surface area contributed by atoms with Gasteiger partial charge in [0.15, 0.2) is 5.84 Å². The highest BCUT2D eigenvalue weighted by Crippen LogP contribution is 2.27. The maximum Gasteiger partial charge on any atom is 0.173 e. The molecule has 1 aromatic carbocycles. The predicted octanol–water partition coefficient (Wildman–Crippen LogP) is 2.39. The Balaban J connectivity index is 2.57. The highest BCUT2D eigenvalue weighted by Gasteiger charge is 2.16. The number of hydrogen-bond acceptors (Lipinski definition) is 4. The molecule has 0 saturated carbocycles. The molecule has 0 aliphatic rings. The second kappa shape index (κ2) is 5.56. The summed E-state index contributed by atoms with van der Waals surface area (Å²) >= 11 is 0. The van der Waals surface area contributed by atoms with Crippen molar-refractivity contribution in [1.82, 2.24) is 4.98 Å². The molecular formula is C14H15FN4O. The van der Waals surface area contributed by atoms with Crippen molar-refractivity contribution in [3.05, 3.63) is 53.5 Å². The number of pyridine rings is 1. The summed E-state index contributed by atoms with van der Waals surface area (Å²) in [6, 6.07) is 9.77. The van der Waals surface area contributed by atoms with Crippen LogP contribution in [0.4, 0.5) is 15.9 Å². The number of nitrogens with two attached hydrogens (primary N) is 1. The van der Waals surface area contributed by atoms with Crippen molar-refractivity contribution in [1.29, 1.82) is 0 Å². The molecule has 0 aliphatic heterocycles. The fraction of sp³-hybridized carbons (Fsp3) is 0.143. The van der Waals surface area contributed by atoms with Crippen LogP contribution in [0.3, 0.4) is 0 Å². The normalized spacial score (nSPS) is 11.4. The van der Waals surface area contributed by atoms with Crippen LogP contribution in [0.5, 0.6) is 0 Å². The van der Waals surface area contributed by atoms with Crippen molar-refractivity contribution in [3.8, 4) is 0 Å². The summed E-state index contributed by atoms with van der Waals surface area (Å²) in [6.07, 6.45) is 0. The lowest BCUT2D eigenvalue weighted by Crippen LogP contribution is -2.21. The van der Waals surface area contributed by atoms with Gasteiger partial charge in [0.25, 0.3) is 0 Å². The maximum absolute atomic E-state index is 13.9. The number of aryl methyl sites for hydroxylation is 1. The van der Waals surface area contributed by atoms with Crippen LogP contribution in [0.15, 0.2) is 41.6 Å². The first-order valence-electron chi connectivity index (χ1n) is 5.98. The molecule has 1 aromatic heterocycles. The Morgan fingerprint density at radius 3 is 2.65 bits per heavy atom. The van der Waals surface area contributed by atoms with Gasteiger partial charge in [-0.1, -0.05) is 17.3 Å². The van der Waals surface area contributed by atoms with E-state index in [-0.39, 0.29) is 11.7 Å². The molecule has 0 spiro atoms. The van der Waals surface area contributed by atoms with Crippen LogP contribution in [0, 0.1) is 12.7 Å². The van der Waals surface area contributed by atoms with Crippen molar-refractivity contribution in [2.24, 2.45) is 10.9 Å². The minimum absolute atomic E-state index is 0.0734. The van der Waals surface area contributed by atoms with Gasteiger partial charge in [-0.25, -0.2) is 9.37 Å². The van der Waals surface area contributed by atoms with Gasteiger partial charge >= 0.3 is 0 Å². The van der Waals surface area contributed by atoms with Gasteiger partial charge in [-0.15, -0.1) is 0 Å². The summed E-state index contributed by atoms with van der Waals surface area (Å²) in [5, 5.41) is 11.8. The first kappa shape index (κ1) is 13.8. The van der Waals surface area contributed by atoms with Crippen LogP contribution in [-0.2, 0) is 0 Å². The van der Waals surface area contributed by atoms with Crippen molar-refractivity contribution in [2.45, 2.75) is 6.92 Å². The molecule has 20 heavy (non-hydrogen) atoms. The summed E-state index contributed by atoms with van der Waals surface area (Å²) in [7, 11) is 1.67. The van der Waals surface area contributed by atoms with Gasteiger partial charge in [0.05, 0.1) is 11.3 Å². The molecule has 0 radical (unpaired) electrons. The Kier molecular flexibility index (Phi) is 3.84. The number of benzene rings is 1. The van der Waals surface area contributed by atoms with Crippen LogP contribution in [0.2, 0.25) is 0 Å². The fourth-order valence-electron chi connectivity index (χ4n) is 1.89. The Bertz CT molecular complexity index is 657. The average Bonchev–Trinajstić information content (AvgIpc) is 2.46. The van der Waals surface area contributed by atoms with Gasteiger partial charge < -0.3 is 15.8 Å². The quantitative estimate of drug-likeness (QED) is 0.390. The van der Waals surface area contributed by atoms with E-state index >= 15 is 0 Å². The standard InChI is InChI=1S/C14H15FN4O/c1-9-7-8-10(13(16)18-20)14(17-9)19(2)12-6-4-3-5-11(12)15/h3-8,20H,1-2H3,(H2,16,18). The van der Waals surface area contributed by atoms with Crippen molar-refractivity contribution >= 4 is 17.3 Å². The topological polar surface area (TPSA) is 74.7 Å². The van der Waals surface area contributed by atoms with Gasteiger partial charge in [0.1, 0.15) is 11.6 Å². The van der Waals surface area contributed by atoms with E-state index < -0.39 is 0 Å². The van der Waals surface area contributed by atoms with Crippen LogP contribution < -0.4 is 10.6 Å². The molecule has 0 bridgehead atoms. The SMILES string of the molecule is Cc1ccc(C(N)=NO)c(N(C)c2ccccc2F)n1. The summed E-state index contributed by atoms with van der Waals surface area (Å²) in [6.45, 7) is 1.81. The minimum Gasteiger partial charge on any atom is -0.409 e. The molecule has 5 nitrogen and oxygen atoms in total. The zero-order chi connectivity index (χ0) is 14.7. The third kappa shape index (κ3) is 2.54. The van der Waals surface area contributed by atoms with E-state index in [1.54, 1.807) is 42.3 Å². The molecule has 1 heterocycles. The van der Waals surface area contributed by atoms with E-state index in [0.717, 1.165) is 5.69 Å². The number of oxime groups is 1. The molecule has 2 aromatic rings.